The lowest BCUT2D eigenvalue weighted by molar-refractivity contribution is 0.464. The molecule has 1 heterocycles. The number of nitrogens with zero attached hydrogens (tertiary/aromatic N) is 1. The molecule has 0 unspecified atom stereocenters. The molecular formula is C16H24N2O. The second-order valence-corrected chi connectivity index (χ2v) is 6.72. The van der Waals surface area contributed by atoms with Gasteiger partial charge in [-0.1, -0.05) is 12.8 Å². The van der Waals surface area contributed by atoms with Crippen molar-refractivity contribution in [3.05, 3.63) is 33.2 Å². The number of aryl methyl sites for hydroxylation is 1. The van der Waals surface area contributed by atoms with Gasteiger partial charge in [-0.25, -0.2) is 0 Å². The zero-order chi connectivity index (χ0) is 13.6. The molecule has 19 heavy (non-hydrogen) atoms. The van der Waals surface area contributed by atoms with Gasteiger partial charge in [0, 0.05) is 22.8 Å². The van der Waals surface area contributed by atoms with E-state index in [1.54, 1.807) is 0 Å². The van der Waals surface area contributed by atoms with Gasteiger partial charge < -0.3 is 10.3 Å². The summed E-state index contributed by atoms with van der Waals surface area (Å²) in [5, 5.41) is 0. The van der Waals surface area contributed by atoms with Crippen molar-refractivity contribution in [3.63, 3.8) is 0 Å². The highest BCUT2D eigenvalue weighted by Crippen LogP contribution is 2.33. The molecule has 104 valence electrons. The number of aromatic nitrogens is 1. The van der Waals surface area contributed by atoms with E-state index >= 15 is 0 Å². The Balaban J connectivity index is 2.21. The predicted molar refractivity (Wildman–Crippen MR) is 77.4 cm³/mol. The van der Waals surface area contributed by atoms with Crippen LogP contribution in [0.5, 0.6) is 0 Å². The van der Waals surface area contributed by atoms with Crippen LogP contribution in [-0.4, -0.2) is 4.57 Å². The van der Waals surface area contributed by atoms with Crippen molar-refractivity contribution < 1.29 is 0 Å². The molecule has 0 atom stereocenters. The lowest BCUT2D eigenvalue weighted by Crippen LogP contribution is -2.40. The van der Waals surface area contributed by atoms with Crippen molar-refractivity contribution >= 4 is 0 Å². The highest BCUT2D eigenvalue weighted by Gasteiger charge is 2.29. The molecule has 0 aromatic carbocycles. The standard InChI is InChI=1S/C16H24N2O/c1-16(2,17)13-10-11-6-5-9-14(11)18(15(13)19)12-7-3-4-8-12/h10,12H,3-9,17H2,1-2H3. The summed E-state index contributed by atoms with van der Waals surface area (Å²) in [7, 11) is 0. The van der Waals surface area contributed by atoms with Crippen molar-refractivity contribution in [2.24, 2.45) is 5.73 Å². The SMILES string of the molecule is CC(C)(N)c1cc2c(n(C3CCCC3)c1=O)CCC2. The first-order chi connectivity index (χ1) is 8.98. The van der Waals surface area contributed by atoms with Gasteiger partial charge in [0.1, 0.15) is 0 Å². The lowest BCUT2D eigenvalue weighted by Gasteiger charge is -2.25. The van der Waals surface area contributed by atoms with Crippen LogP contribution in [0.2, 0.25) is 0 Å². The third kappa shape index (κ3) is 2.14. The van der Waals surface area contributed by atoms with E-state index in [4.69, 9.17) is 5.73 Å². The molecule has 3 heteroatoms. The first kappa shape index (κ1) is 12.9. The van der Waals surface area contributed by atoms with Gasteiger partial charge in [0.25, 0.3) is 5.56 Å². The maximum Gasteiger partial charge on any atom is 0.256 e. The van der Waals surface area contributed by atoms with Crippen LogP contribution in [0.25, 0.3) is 0 Å². The van der Waals surface area contributed by atoms with Gasteiger partial charge in [0.2, 0.25) is 0 Å². The molecule has 3 rings (SSSR count). The molecule has 0 radical (unpaired) electrons. The van der Waals surface area contributed by atoms with Crippen LogP contribution in [0.1, 0.15) is 68.8 Å². The molecule has 1 aromatic rings. The molecule has 0 spiro atoms. The molecule has 2 N–H and O–H groups in total. The largest absolute Gasteiger partial charge is 0.322 e. The fourth-order valence-corrected chi connectivity index (χ4v) is 3.68. The molecule has 0 amide bonds. The normalized spacial score (nSPS) is 19.9. The zero-order valence-corrected chi connectivity index (χ0v) is 12.0. The summed E-state index contributed by atoms with van der Waals surface area (Å²) in [6.07, 6.45) is 8.15. The van der Waals surface area contributed by atoms with E-state index < -0.39 is 5.54 Å². The quantitative estimate of drug-likeness (QED) is 0.888. The molecule has 1 saturated carbocycles. The minimum absolute atomic E-state index is 0.167. The first-order valence-corrected chi connectivity index (χ1v) is 7.55. The number of pyridine rings is 1. The number of hydrogen-bond donors (Lipinski definition) is 1. The topological polar surface area (TPSA) is 48.0 Å². The Morgan fingerprint density at radius 1 is 1.21 bits per heavy atom. The van der Waals surface area contributed by atoms with E-state index in [1.807, 2.05) is 13.8 Å². The first-order valence-electron chi connectivity index (χ1n) is 7.55. The molecule has 2 aliphatic rings. The van der Waals surface area contributed by atoms with Crippen molar-refractivity contribution in [2.75, 3.05) is 0 Å². The maximum atomic E-state index is 12.8. The van der Waals surface area contributed by atoms with Crippen LogP contribution >= 0.6 is 0 Å². The van der Waals surface area contributed by atoms with Crippen LogP contribution in [0.3, 0.4) is 0 Å². The molecule has 2 aliphatic carbocycles. The molecule has 0 aliphatic heterocycles. The van der Waals surface area contributed by atoms with Gasteiger partial charge in [-0.2, -0.15) is 0 Å². The van der Waals surface area contributed by atoms with Crippen molar-refractivity contribution in [3.8, 4) is 0 Å². The smallest absolute Gasteiger partial charge is 0.256 e. The highest BCUT2D eigenvalue weighted by atomic mass is 16.1. The van der Waals surface area contributed by atoms with Gasteiger partial charge in [0.15, 0.2) is 0 Å². The number of rotatable bonds is 2. The third-order valence-electron chi connectivity index (χ3n) is 4.67. The Labute approximate surface area is 114 Å². The van der Waals surface area contributed by atoms with Crippen molar-refractivity contribution in [1.29, 1.82) is 0 Å². The Morgan fingerprint density at radius 3 is 2.53 bits per heavy atom. The van der Waals surface area contributed by atoms with E-state index in [1.165, 1.54) is 30.5 Å². The molecule has 0 saturated heterocycles. The van der Waals surface area contributed by atoms with E-state index in [9.17, 15) is 4.79 Å². The highest BCUT2D eigenvalue weighted by molar-refractivity contribution is 5.34. The van der Waals surface area contributed by atoms with Crippen molar-refractivity contribution in [2.45, 2.75) is 70.4 Å². The average Bonchev–Trinajstić information content (AvgIpc) is 2.95. The maximum absolute atomic E-state index is 12.8. The van der Waals surface area contributed by atoms with Gasteiger partial charge in [-0.15, -0.1) is 0 Å². The lowest BCUT2D eigenvalue weighted by atomic mass is 9.94. The summed E-state index contributed by atoms with van der Waals surface area (Å²) in [4.78, 5) is 12.8. The summed E-state index contributed by atoms with van der Waals surface area (Å²) < 4.78 is 2.11. The summed E-state index contributed by atoms with van der Waals surface area (Å²) >= 11 is 0. The van der Waals surface area contributed by atoms with Crippen LogP contribution in [0.15, 0.2) is 10.9 Å². The Hall–Kier alpha value is -1.09. The van der Waals surface area contributed by atoms with E-state index in [0.29, 0.717) is 6.04 Å². The van der Waals surface area contributed by atoms with Gasteiger partial charge in [-0.3, -0.25) is 4.79 Å². The van der Waals surface area contributed by atoms with Gasteiger partial charge in [0.05, 0.1) is 0 Å². The van der Waals surface area contributed by atoms with Gasteiger partial charge >= 0.3 is 0 Å². The van der Waals surface area contributed by atoms with E-state index in [2.05, 4.69) is 10.6 Å². The number of hydrogen-bond acceptors (Lipinski definition) is 2. The average molecular weight is 260 g/mol. The van der Waals surface area contributed by atoms with Gasteiger partial charge in [-0.05, 0) is 57.6 Å². The minimum atomic E-state index is -0.547. The minimum Gasteiger partial charge on any atom is -0.322 e. The fourth-order valence-electron chi connectivity index (χ4n) is 3.68. The van der Waals surface area contributed by atoms with E-state index in [0.717, 1.165) is 31.2 Å². The second-order valence-electron chi connectivity index (χ2n) is 6.72. The molecular weight excluding hydrogens is 236 g/mol. The molecule has 0 bridgehead atoms. The van der Waals surface area contributed by atoms with Crippen LogP contribution in [0, 0.1) is 0 Å². The summed E-state index contributed by atoms with van der Waals surface area (Å²) in [6.45, 7) is 3.87. The predicted octanol–water partition coefficient (Wildman–Crippen LogP) is 2.65. The summed E-state index contributed by atoms with van der Waals surface area (Å²) in [5.41, 5.74) is 9.28. The van der Waals surface area contributed by atoms with Crippen LogP contribution in [-0.2, 0) is 18.4 Å². The number of fused-ring (bicyclic) bond motifs is 1. The monoisotopic (exact) mass is 260 g/mol. The Morgan fingerprint density at radius 2 is 1.89 bits per heavy atom. The Kier molecular flexibility index (Phi) is 3.05. The molecule has 1 fully saturated rings. The second kappa shape index (κ2) is 4.48. The van der Waals surface area contributed by atoms with E-state index in [-0.39, 0.29) is 5.56 Å². The third-order valence-corrected chi connectivity index (χ3v) is 4.67. The van der Waals surface area contributed by atoms with Crippen LogP contribution < -0.4 is 11.3 Å². The van der Waals surface area contributed by atoms with Crippen LogP contribution in [0.4, 0.5) is 0 Å². The fraction of sp³-hybridized carbons (Fsp3) is 0.688. The number of nitrogens with two attached hydrogens (primary N) is 1. The Bertz CT molecular complexity index is 545. The molecule has 3 nitrogen and oxygen atoms in total. The summed E-state index contributed by atoms with van der Waals surface area (Å²) in [6, 6.07) is 2.50. The van der Waals surface area contributed by atoms with Crippen molar-refractivity contribution in [1.82, 2.24) is 4.57 Å². The summed E-state index contributed by atoms with van der Waals surface area (Å²) in [5.74, 6) is 0. The zero-order valence-electron chi connectivity index (χ0n) is 12.0. The molecule has 1 aromatic heterocycles.